The summed E-state index contributed by atoms with van der Waals surface area (Å²) in [7, 11) is 0.523. The van der Waals surface area contributed by atoms with Gasteiger partial charge in [-0.2, -0.15) is 0 Å². The molecule has 6 nitrogen and oxygen atoms in total. The molecule has 0 saturated carbocycles. The Morgan fingerprint density at radius 3 is 2.78 bits per heavy atom. The Hall–Kier alpha value is -0.660. The first-order valence-electron chi connectivity index (χ1n) is 6.11. The van der Waals surface area contributed by atoms with Crippen molar-refractivity contribution < 1.29 is 17.9 Å². The van der Waals surface area contributed by atoms with Gasteiger partial charge in [0.25, 0.3) is 0 Å². The molecular weight excluding hydrogens is 256 g/mol. The van der Waals surface area contributed by atoms with Gasteiger partial charge in [0.05, 0.1) is 18.1 Å². The fraction of sp³-hybridized carbons (Fsp3) is 0.909. The second-order valence-corrected chi connectivity index (χ2v) is 6.90. The van der Waals surface area contributed by atoms with Crippen LogP contribution in [0.15, 0.2) is 0 Å². The summed E-state index contributed by atoms with van der Waals surface area (Å²) in [6.45, 7) is 1.45. The largest absolute Gasteiger partial charge is 0.385 e. The molecule has 0 spiro atoms. The fourth-order valence-electron chi connectivity index (χ4n) is 1.98. The van der Waals surface area contributed by atoms with E-state index in [0.29, 0.717) is 19.6 Å². The van der Waals surface area contributed by atoms with E-state index in [9.17, 15) is 13.2 Å². The Balaban J connectivity index is 2.23. The van der Waals surface area contributed by atoms with Crippen molar-refractivity contribution in [2.75, 3.05) is 45.4 Å². The van der Waals surface area contributed by atoms with E-state index in [1.165, 1.54) is 0 Å². The minimum Gasteiger partial charge on any atom is -0.385 e. The van der Waals surface area contributed by atoms with Crippen LogP contribution in [0.1, 0.15) is 12.8 Å². The number of hydrogen-bond donors (Lipinski definition) is 1. The Morgan fingerprint density at radius 1 is 1.50 bits per heavy atom. The van der Waals surface area contributed by atoms with E-state index < -0.39 is 9.84 Å². The summed E-state index contributed by atoms with van der Waals surface area (Å²) >= 11 is 0. The fourth-order valence-corrected chi connectivity index (χ4v) is 3.78. The van der Waals surface area contributed by atoms with Gasteiger partial charge in [0, 0.05) is 26.3 Å². The predicted octanol–water partition coefficient (Wildman–Crippen LogP) is -0.742. The van der Waals surface area contributed by atoms with Crippen LogP contribution in [0.25, 0.3) is 0 Å². The number of amides is 1. The average molecular weight is 278 g/mol. The number of nitrogens with one attached hydrogen (secondary N) is 1. The molecule has 0 aromatic heterocycles. The second kappa shape index (κ2) is 7.06. The standard InChI is InChI=1S/C11H22N2O4S/c1-13(10-4-7-18(15,16)9-10)8-11(14)12-5-3-6-17-2/h10H,3-9H2,1-2H3,(H,12,14). The van der Waals surface area contributed by atoms with Crippen molar-refractivity contribution in [1.29, 1.82) is 0 Å². The van der Waals surface area contributed by atoms with Crippen LogP contribution in [0.2, 0.25) is 0 Å². The average Bonchev–Trinajstić information content (AvgIpc) is 2.65. The highest BCUT2D eigenvalue weighted by atomic mass is 32.2. The second-order valence-electron chi connectivity index (χ2n) is 4.67. The molecule has 0 aliphatic carbocycles. The van der Waals surface area contributed by atoms with E-state index >= 15 is 0 Å². The molecule has 0 aromatic carbocycles. The van der Waals surface area contributed by atoms with E-state index in [-0.39, 0.29) is 30.0 Å². The summed E-state index contributed by atoms with van der Waals surface area (Å²) in [5.41, 5.74) is 0. The number of rotatable bonds is 7. The molecule has 18 heavy (non-hydrogen) atoms. The summed E-state index contributed by atoms with van der Waals surface area (Å²) in [6, 6.07) is -0.0280. The van der Waals surface area contributed by atoms with Gasteiger partial charge in [0.1, 0.15) is 0 Å². The van der Waals surface area contributed by atoms with Crippen LogP contribution < -0.4 is 5.32 Å². The normalized spacial score (nSPS) is 22.3. The van der Waals surface area contributed by atoms with E-state index in [2.05, 4.69) is 5.32 Å². The highest BCUT2D eigenvalue weighted by Gasteiger charge is 2.31. The first-order chi connectivity index (χ1) is 8.44. The van der Waals surface area contributed by atoms with Crippen LogP contribution in [0.3, 0.4) is 0 Å². The number of hydrogen-bond acceptors (Lipinski definition) is 5. The van der Waals surface area contributed by atoms with Crippen molar-refractivity contribution in [2.45, 2.75) is 18.9 Å². The lowest BCUT2D eigenvalue weighted by Crippen LogP contribution is -2.41. The first-order valence-corrected chi connectivity index (χ1v) is 7.93. The lowest BCUT2D eigenvalue weighted by Gasteiger charge is -2.22. The summed E-state index contributed by atoms with van der Waals surface area (Å²) in [5.74, 6) is 0.329. The van der Waals surface area contributed by atoms with Gasteiger partial charge in [0.15, 0.2) is 9.84 Å². The van der Waals surface area contributed by atoms with Crippen LogP contribution in [0.4, 0.5) is 0 Å². The monoisotopic (exact) mass is 278 g/mol. The van der Waals surface area contributed by atoms with Crippen molar-refractivity contribution in [3.05, 3.63) is 0 Å². The lowest BCUT2D eigenvalue weighted by atomic mass is 10.2. The third-order valence-corrected chi connectivity index (χ3v) is 4.82. The van der Waals surface area contributed by atoms with Crippen molar-refractivity contribution >= 4 is 15.7 Å². The molecule has 1 aliphatic heterocycles. The number of likely N-dealkylation sites (N-methyl/N-ethyl adjacent to an activating group) is 1. The van der Waals surface area contributed by atoms with Gasteiger partial charge in [-0.3, -0.25) is 9.69 Å². The van der Waals surface area contributed by atoms with Gasteiger partial charge in [-0.1, -0.05) is 0 Å². The SMILES string of the molecule is COCCCNC(=O)CN(C)C1CCS(=O)(=O)C1. The van der Waals surface area contributed by atoms with Crippen molar-refractivity contribution in [1.82, 2.24) is 10.2 Å². The van der Waals surface area contributed by atoms with Gasteiger partial charge in [-0.15, -0.1) is 0 Å². The molecule has 0 bridgehead atoms. The predicted molar refractivity (Wildman–Crippen MR) is 69.2 cm³/mol. The first kappa shape index (κ1) is 15.4. The molecule has 0 radical (unpaired) electrons. The minimum absolute atomic E-state index is 0.0280. The zero-order valence-corrected chi connectivity index (χ0v) is 11.8. The molecule has 1 saturated heterocycles. The Bertz CT molecular complexity index is 369. The topological polar surface area (TPSA) is 75.7 Å². The van der Waals surface area contributed by atoms with Gasteiger partial charge >= 0.3 is 0 Å². The number of sulfone groups is 1. The summed E-state index contributed by atoms with van der Waals surface area (Å²) in [4.78, 5) is 13.4. The van der Waals surface area contributed by atoms with E-state index in [0.717, 1.165) is 6.42 Å². The Labute approximate surface area is 109 Å². The van der Waals surface area contributed by atoms with Crippen LogP contribution in [0.5, 0.6) is 0 Å². The third kappa shape index (κ3) is 5.32. The number of carbonyl (C=O) groups excluding carboxylic acids is 1. The molecule has 1 rings (SSSR count). The maximum absolute atomic E-state index is 11.6. The van der Waals surface area contributed by atoms with E-state index in [1.807, 2.05) is 4.90 Å². The third-order valence-electron chi connectivity index (χ3n) is 3.07. The highest BCUT2D eigenvalue weighted by Crippen LogP contribution is 2.15. The van der Waals surface area contributed by atoms with Crippen molar-refractivity contribution in [3.8, 4) is 0 Å². The molecule has 1 atom stereocenters. The van der Waals surface area contributed by atoms with Gasteiger partial charge in [-0.25, -0.2) is 8.42 Å². The number of nitrogens with zero attached hydrogens (tertiary/aromatic N) is 1. The van der Waals surface area contributed by atoms with Crippen molar-refractivity contribution in [2.24, 2.45) is 0 Å². The quantitative estimate of drug-likeness (QED) is 0.621. The van der Waals surface area contributed by atoms with Gasteiger partial charge in [-0.05, 0) is 19.9 Å². The molecule has 1 amide bonds. The van der Waals surface area contributed by atoms with Crippen LogP contribution in [0, 0.1) is 0 Å². The molecule has 7 heteroatoms. The van der Waals surface area contributed by atoms with E-state index in [4.69, 9.17) is 4.74 Å². The minimum atomic E-state index is -2.89. The summed E-state index contributed by atoms with van der Waals surface area (Å²) in [5, 5.41) is 2.78. The Morgan fingerprint density at radius 2 is 2.22 bits per heavy atom. The molecular formula is C11H22N2O4S. The van der Waals surface area contributed by atoms with Crippen LogP contribution >= 0.6 is 0 Å². The Kier molecular flexibility index (Phi) is 6.04. The smallest absolute Gasteiger partial charge is 0.234 e. The van der Waals surface area contributed by atoms with Gasteiger partial charge in [0.2, 0.25) is 5.91 Å². The molecule has 1 fully saturated rings. The molecule has 1 heterocycles. The number of carbonyl (C=O) groups is 1. The highest BCUT2D eigenvalue weighted by molar-refractivity contribution is 7.91. The van der Waals surface area contributed by atoms with Gasteiger partial charge < -0.3 is 10.1 Å². The van der Waals surface area contributed by atoms with E-state index in [1.54, 1.807) is 14.2 Å². The number of ether oxygens (including phenoxy) is 1. The zero-order chi connectivity index (χ0) is 13.6. The maximum Gasteiger partial charge on any atom is 0.234 e. The maximum atomic E-state index is 11.6. The molecule has 106 valence electrons. The van der Waals surface area contributed by atoms with Crippen LogP contribution in [-0.4, -0.2) is 70.6 Å². The lowest BCUT2D eigenvalue weighted by molar-refractivity contribution is -0.122. The summed E-state index contributed by atoms with van der Waals surface area (Å²) < 4.78 is 27.5. The number of methoxy groups -OCH3 is 1. The van der Waals surface area contributed by atoms with Crippen molar-refractivity contribution in [3.63, 3.8) is 0 Å². The molecule has 1 N–H and O–H groups in total. The molecule has 0 aromatic rings. The van der Waals surface area contributed by atoms with Crippen LogP contribution in [-0.2, 0) is 19.4 Å². The summed E-state index contributed by atoms with van der Waals surface area (Å²) in [6.07, 6.45) is 1.40. The molecule has 1 aliphatic rings. The molecule has 1 unspecified atom stereocenters. The zero-order valence-electron chi connectivity index (χ0n) is 11.0.